The van der Waals surface area contributed by atoms with Crippen LogP contribution in [-0.2, 0) is 13.0 Å². The van der Waals surface area contributed by atoms with Crippen molar-refractivity contribution < 1.29 is 0 Å². The smallest absolute Gasteiger partial charge is 0.0338 e. The molecule has 21 heavy (non-hydrogen) atoms. The normalized spacial score (nSPS) is 26.0. The van der Waals surface area contributed by atoms with Crippen molar-refractivity contribution in [2.75, 3.05) is 13.1 Å². The molecule has 0 bridgehead atoms. The molecule has 2 nitrogen and oxygen atoms in total. The van der Waals surface area contributed by atoms with Gasteiger partial charge < -0.3 is 5.32 Å². The summed E-state index contributed by atoms with van der Waals surface area (Å²) in [5.74, 6) is 0.723. The van der Waals surface area contributed by atoms with E-state index >= 15 is 0 Å². The van der Waals surface area contributed by atoms with Crippen LogP contribution >= 0.6 is 11.3 Å². The molecular formula is C18H30N2S. The third-order valence-corrected chi connectivity index (χ3v) is 6.75. The third-order valence-electron chi connectivity index (χ3n) is 5.53. The standard InChI is InChI=1S/C18H30N2S/c1-4-15-7-8-16(21-15)11-20-12-17(14(2)3)19-13-18(20)9-5-6-10-18/h7-8,14,17,19H,4-6,9-13H2,1-3H3. The Kier molecular flexibility index (Phi) is 4.72. The number of hydrogen-bond acceptors (Lipinski definition) is 3. The van der Waals surface area contributed by atoms with Gasteiger partial charge in [0.2, 0.25) is 0 Å². The number of piperazine rings is 1. The van der Waals surface area contributed by atoms with Crippen LogP contribution in [0, 0.1) is 5.92 Å². The summed E-state index contributed by atoms with van der Waals surface area (Å²) < 4.78 is 0. The number of aryl methyl sites for hydroxylation is 1. The summed E-state index contributed by atoms with van der Waals surface area (Å²) in [5, 5.41) is 3.85. The first-order chi connectivity index (χ1) is 10.1. The summed E-state index contributed by atoms with van der Waals surface area (Å²) in [7, 11) is 0. The minimum atomic E-state index is 0.446. The highest BCUT2D eigenvalue weighted by Crippen LogP contribution is 2.39. The lowest BCUT2D eigenvalue weighted by molar-refractivity contribution is 0.0269. The zero-order chi connectivity index (χ0) is 14.9. The summed E-state index contributed by atoms with van der Waals surface area (Å²) in [5.41, 5.74) is 0.446. The van der Waals surface area contributed by atoms with Crippen molar-refractivity contribution in [2.24, 2.45) is 5.92 Å². The zero-order valence-electron chi connectivity index (χ0n) is 13.8. The summed E-state index contributed by atoms with van der Waals surface area (Å²) in [6.07, 6.45) is 6.77. The van der Waals surface area contributed by atoms with Crippen molar-refractivity contribution in [1.82, 2.24) is 10.2 Å². The number of nitrogens with zero attached hydrogens (tertiary/aromatic N) is 1. The quantitative estimate of drug-likeness (QED) is 0.902. The molecule has 1 saturated heterocycles. The minimum absolute atomic E-state index is 0.446. The van der Waals surface area contributed by atoms with Gasteiger partial charge in [-0.25, -0.2) is 0 Å². The van der Waals surface area contributed by atoms with E-state index in [0.29, 0.717) is 11.6 Å². The van der Waals surface area contributed by atoms with E-state index in [-0.39, 0.29) is 0 Å². The first-order valence-electron chi connectivity index (χ1n) is 8.69. The number of rotatable bonds is 4. The van der Waals surface area contributed by atoms with E-state index in [1.807, 2.05) is 11.3 Å². The molecule has 1 aromatic heterocycles. The van der Waals surface area contributed by atoms with E-state index < -0.39 is 0 Å². The predicted octanol–water partition coefficient (Wildman–Crippen LogP) is 4.05. The zero-order valence-corrected chi connectivity index (χ0v) is 14.6. The van der Waals surface area contributed by atoms with Crippen molar-refractivity contribution in [3.8, 4) is 0 Å². The van der Waals surface area contributed by atoms with Gasteiger partial charge in [0.05, 0.1) is 0 Å². The van der Waals surface area contributed by atoms with Crippen LogP contribution in [0.5, 0.6) is 0 Å². The molecule has 2 fully saturated rings. The van der Waals surface area contributed by atoms with Gasteiger partial charge in [-0.1, -0.05) is 33.6 Å². The maximum Gasteiger partial charge on any atom is 0.0338 e. The average molecular weight is 307 g/mol. The van der Waals surface area contributed by atoms with Crippen molar-refractivity contribution in [3.05, 3.63) is 21.9 Å². The number of nitrogens with one attached hydrogen (secondary N) is 1. The molecular weight excluding hydrogens is 276 g/mol. The molecule has 1 unspecified atom stereocenters. The fourth-order valence-electron chi connectivity index (χ4n) is 4.02. The molecule has 118 valence electrons. The fraction of sp³-hybridized carbons (Fsp3) is 0.778. The van der Waals surface area contributed by atoms with E-state index in [2.05, 4.69) is 43.1 Å². The molecule has 1 N–H and O–H groups in total. The van der Waals surface area contributed by atoms with Crippen molar-refractivity contribution >= 4 is 11.3 Å². The minimum Gasteiger partial charge on any atom is -0.311 e. The topological polar surface area (TPSA) is 15.3 Å². The Morgan fingerprint density at radius 3 is 2.62 bits per heavy atom. The Balaban J connectivity index is 1.76. The van der Waals surface area contributed by atoms with Crippen LogP contribution < -0.4 is 5.32 Å². The van der Waals surface area contributed by atoms with Crippen LogP contribution in [0.2, 0.25) is 0 Å². The van der Waals surface area contributed by atoms with Crippen molar-refractivity contribution in [3.63, 3.8) is 0 Å². The van der Waals surface area contributed by atoms with E-state index in [9.17, 15) is 0 Å². The van der Waals surface area contributed by atoms with Crippen LogP contribution in [0.1, 0.15) is 56.2 Å². The Morgan fingerprint density at radius 1 is 1.29 bits per heavy atom. The van der Waals surface area contributed by atoms with Gasteiger partial charge in [-0.2, -0.15) is 0 Å². The molecule has 0 radical (unpaired) electrons. The lowest BCUT2D eigenvalue weighted by Gasteiger charge is -2.49. The Labute approximate surface area is 133 Å². The third kappa shape index (κ3) is 3.20. The van der Waals surface area contributed by atoms with E-state index in [1.54, 1.807) is 4.88 Å². The maximum absolute atomic E-state index is 3.85. The lowest BCUT2D eigenvalue weighted by Crippen LogP contribution is -2.64. The van der Waals surface area contributed by atoms with Gasteiger partial charge in [-0.05, 0) is 37.3 Å². The second-order valence-corrected chi connectivity index (χ2v) is 8.52. The molecule has 2 aliphatic rings. The largest absolute Gasteiger partial charge is 0.311 e. The molecule has 0 amide bonds. The van der Waals surface area contributed by atoms with Gasteiger partial charge in [0.15, 0.2) is 0 Å². The van der Waals surface area contributed by atoms with Gasteiger partial charge in [-0.3, -0.25) is 4.90 Å². The van der Waals surface area contributed by atoms with Gasteiger partial charge in [0.25, 0.3) is 0 Å². The first-order valence-corrected chi connectivity index (χ1v) is 9.50. The van der Waals surface area contributed by atoms with E-state index in [0.717, 1.165) is 12.5 Å². The summed E-state index contributed by atoms with van der Waals surface area (Å²) >= 11 is 2.02. The first kappa shape index (κ1) is 15.5. The highest BCUT2D eigenvalue weighted by atomic mass is 32.1. The molecule has 1 spiro atoms. The Hall–Kier alpha value is -0.380. The monoisotopic (exact) mass is 306 g/mol. The summed E-state index contributed by atoms with van der Waals surface area (Å²) in [6.45, 7) is 10.5. The van der Waals surface area contributed by atoms with Crippen LogP contribution in [-0.4, -0.2) is 29.6 Å². The van der Waals surface area contributed by atoms with Crippen LogP contribution in [0.15, 0.2) is 12.1 Å². The average Bonchev–Trinajstić information content (AvgIpc) is 3.11. The maximum atomic E-state index is 3.85. The summed E-state index contributed by atoms with van der Waals surface area (Å²) in [4.78, 5) is 5.91. The Morgan fingerprint density at radius 2 is 2.00 bits per heavy atom. The van der Waals surface area contributed by atoms with Gasteiger partial charge in [-0.15, -0.1) is 11.3 Å². The van der Waals surface area contributed by atoms with Gasteiger partial charge in [0, 0.05) is 41.0 Å². The molecule has 1 aromatic rings. The van der Waals surface area contributed by atoms with Crippen molar-refractivity contribution in [2.45, 2.75) is 71.0 Å². The molecule has 2 heterocycles. The molecule has 3 heteroatoms. The second kappa shape index (κ2) is 6.39. The number of hydrogen-bond donors (Lipinski definition) is 1. The fourth-order valence-corrected chi connectivity index (χ4v) is 4.99. The molecule has 1 atom stereocenters. The predicted molar refractivity (Wildman–Crippen MR) is 91.9 cm³/mol. The summed E-state index contributed by atoms with van der Waals surface area (Å²) in [6, 6.07) is 5.34. The molecule has 1 aliphatic carbocycles. The van der Waals surface area contributed by atoms with Crippen molar-refractivity contribution in [1.29, 1.82) is 0 Å². The van der Waals surface area contributed by atoms with Gasteiger partial charge in [0.1, 0.15) is 0 Å². The van der Waals surface area contributed by atoms with E-state index in [4.69, 9.17) is 0 Å². The second-order valence-electron chi connectivity index (χ2n) is 7.26. The van der Waals surface area contributed by atoms with Crippen LogP contribution in [0.4, 0.5) is 0 Å². The Bertz CT molecular complexity index is 460. The van der Waals surface area contributed by atoms with Gasteiger partial charge >= 0.3 is 0 Å². The number of thiophene rings is 1. The molecule has 1 saturated carbocycles. The SMILES string of the molecule is CCc1ccc(CN2CC(C(C)C)NCC23CCCC3)s1. The molecule has 3 rings (SSSR count). The highest BCUT2D eigenvalue weighted by molar-refractivity contribution is 7.11. The molecule has 1 aliphatic heterocycles. The van der Waals surface area contributed by atoms with Crippen LogP contribution in [0.3, 0.4) is 0 Å². The van der Waals surface area contributed by atoms with E-state index in [1.165, 1.54) is 50.1 Å². The van der Waals surface area contributed by atoms with Crippen LogP contribution in [0.25, 0.3) is 0 Å². The highest BCUT2D eigenvalue weighted by Gasteiger charge is 2.43. The lowest BCUT2D eigenvalue weighted by atomic mass is 9.88. The molecule has 0 aromatic carbocycles.